The van der Waals surface area contributed by atoms with Gasteiger partial charge in [0, 0.05) is 39.1 Å². The lowest BCUT2D eigenvalue weighted by atomic mass is 10.1. The molecule has 0 atom stereocenters. The van der Waals surface area contributed by atoms with E-state index in [1.165, 1.54) is 0 Å². The third-order valence-electron chi connectivity index (χ3n) is 4.12. The van der Waals surface area contributed by atoms with Crippen LogP contribution in [-0.4, -0.2) is 21.3 Å². The molecule has 0 bridgehead atoms. The van der Waals surface area contributed by atoms with Crippen LogP contribution in [0.2, 0.25) is 0 Å². The van der Waals surface area contributed by atoms with Gasteiger partial charge in [-0.3, -0.25) is 4.72 Å². The van der Waals surface area contributed by atoms with E-state index in [2.05, 4.69) is 63.3 Å². The molecule has 0 fully saturated rings. The van der Waals surface area contributed by atoms with Crippen molar-refractivity contribution in [2.45, 2.75) is 38.1 Å². The number of benzene rings is 2. The topological polar surface area (TPSA) is 126 Å². The SMILES string of the molecule is Cc1cnc(Nc2ccc(C(N)=NN)cc2)nc1Nc1cccc(SNC(C)(C)C)c1. The van der Waals surface area contributed by atoms with Gasteiger partial charge in [0.2, 0.25) is 5.95 Å². The van der Waals surface area contributed by atoms with Gasteiger partial charge < -0.3 is 22.2 Å². The van der Waals surface area contributed by atoms with E-state index >= 15 is 0 Å². The summed E-state index contributed by atoms with van der Waals surface area (Å²) in [5.41, 5.74) is 9.22. The molecule has 0 saturated heterocycles. The lowest BCUT2D eigenvalue weighted by Gasteiger charge is -2.19. The molecule has 3 rings (SSSR count). The lowest BCUT2D eigenvalue weighted by molar-refractivity contribution is 0.535. The minimum absolute atomic E-state index is 0.0267. The van der Waals surface area contributed by atoms with Crippen molar-refractivity contribution in [3.05, 3.63) is 65.9 Å². The number of hydrogen-bond acceptors (Lipinski definition) is 8. The molecular weight excluding hydrogens is 408 g/mol. The number of anilines is 4. The molecule has 31 heavy (non-hydrogen) atoms. The number of nitrogens with two attached hydrogens (primary N) is 2. The van der Waals surface area contributed by atoms with Crippen molar-refractivity contribution in [1.82, 2.24) is 14.7 Å². The van der Waals surface area contributed by atoms with Crippen LogP contribution in [0, 0.1) is 6.92 Å². The second-order valence-corrected chi connectivity index (χ2v) is 8.93. The summed E-state index contributed by atoms with van der Waals surface area (Å²) >= 11 is 1.61. The highest BCUT2D eigenvalue weighted by molar-refractivity contribution is 7.97. The number of rotatable bonds is 7. The van der Waals surface area contributed by atoms with Crippen LogP contribution in [0.5, 0.6) is 0 Å². The Hall–Kier alpha value is -3.30. The maximum atomic E-state index is 5.72. The minimum Gasteiger partial charge on any atom is -0.382 e. The Labute approximate surface area is 187 Å². The zero-order valence-electron chi connectivity index (χ0n) is 18.1. The highest BCUT2D eigenvalue weighted by atomic mass is 32.2. The van der Waals surface area contributed by atoms with Crippen molar-refractivity contribution in [2.24, 2.45) is 16.7 Å². The predicted molar refractivity (Wildman–Crippen MR) is 130 cm³/mol. The van der Waals surface area contributed by atoms with Crippen LogP contribution in [0.1, 0.15) is 31.9 Å². The molecule has 7 N–H and O–H groups in total. The zero-order chi connectivity index (χ0) is 22.4. The van der Waals surface area contributed by atoms with Gasteiger partial charge in [0.05, 0.1) is 0 Å². The first-order chi connectivity index (χ1) is 14.7. The quantitative estimate of drug-likeness (QED) is 0.122. The Kier molecular flexibility index (Phi) is 6.98. The molecule has 0 radical (unpaired) electrons. The molecule has 0 saturated carbocycles. The number of hydrazone groups is 1. The van der Waals surface area contributed by atoms with Gasteiger partial charge in [-0.2, -0.15) is 10.1 Å². The van der Waals surface area contributed by atoms with Crippen LogP contribution in [0.3, 0.4) is 0 Å². The van der Waals surface area contributed by atoms with E-state index in [9.17, 15) is 0 Å². The molecule has 1 heterocycles. The van der Waals surface area contributed by atoms with Crippen molar-refractivity contribution in [2.75, 3.05) is 10.6 Å². The van der Waals surface area contributed by atoms with E-state index < -0.39 is 0 Å². The fourth-order valence-corrected chi connectivity index (χ4v) is 3.30. The van der Waals surface area contributed by atoms with Crippen molar-refractivity contribution in [3.63, 3.8) is 0 Å². The molecule has 0 amide bonds. The highest BCUT2D eigenvalue weighted by Gasteiger charge is 2.10. The average molecular weight is 437 g/mol. The molecule has 2 aromatic carbocycles. The van der Waals surface area contributed by atoms with Gasteiger partial charge in [-0.25, -0.2) is 4.98 Å². The third kappa shape index (κ3) is 6.59. The van der Waals surface area contributed by atoms with E-state index in [4.69, 9.17) is 11.6 Å². The maximum Gasteiger partial charge on any atom is 0.229 e. The van der Waals surface area contributed by atoms with E-state index in [0.717, 1.165) is 33.2 Å². The van der Waals surface area contributed by atoms with Gasteiger partial charge in [0.15, 0.2) is 0 Å². The molecule has 0 aliphatic heterocycles. The van der Waals surface area contributed by atoms with E-state index in [1.54, 1.807) is 18.1 Å². The largest absolute Gasteiger partial charge is 0.382 e. The van der Waals surface area contributed by atoms with E-state index in [0.29, 0.717) is 5.95 Å². The van der Waals surface area contributed by atoms with Crippen LogP contribution in [-0.2, 0) is 0 Å². The summed E-state index contributed by atoms with van der Waals surface area (Å²) < 4.78 is 3.42. The number of nitrogens with zero attached hydrogens (tertiary/aromatic N) is 3. The maximum absolute atomic E-state index is 5.72. The summed E-state index contributed by atoms with van der Waals surface area (Å²) in [5.74, 6) is 6.72. The number of aryl methyl sites for hydroxylation is 1. The summed E-state index contributed by atoms with van der Waals surface area (Å²) in [6, 6.07) is 15.6. The van der Waals surface area contributed by atoms with Gasteiger partial charge in [-0.15, -0.1) is 0 Å². The first kappa shape index (κ1) is 22.4. The van der Waals surface area contributed by atoms with Crippen LogP contribution >= 0.6 is 11.9 Å². The van der Waals surface area contributed by atoms with Crippen LogP contribution in [0.4, 0.5) is 23.1 Å². The van der Waals surface area contributed by atoms with Crippen molar-refractivity contribution >= 4 is 40.9 Å². The van der Waals surface area contributed by atoms with Gasteiger partial charge in [-0.05, 0) is 82.1 Å². The monoisotopic (exact) mass is 436 g/mol. The summed E-state index contributed by atoms with van der Waals surface area (Å²) in [5, 5.41) is 10.1. The van der Waals surface area contributed by atoms with Crippen molar-refractivity contribution in [1.29, 1.82) is 0 Å². The van der Waals surface area contributed by atoms with Crippen molar-refractivity contribution in [3.8, 4) is 0 Å². The van der Waals surface area contributed by atoms with Gasteiger partial charge in [0.1, 0.15) is 11.7 Å². The smallest absolute Gasteiger partial charge is 0.229 e. The Morgan fingerprint density at radius 3 is 2.45 bits per heavy atom. The third-order valence-corrected chi connectivity index (χ3v) is 5.32. The molecule has 0 aliphatic rings. The highest BCUT2D eigenvalue weighted by Crippen LogP contribution is 2.25. The molecule has 0 unspecified atom stereocenters. The lowest BCUT2D eigenvalue weighted by Crippen LogP contribution is -2.29. The molecular formula is C22H28N8S. The Bertz CT molecular complexity index is 1060. The molecule has 0 aliphatic carbocycles. The molecule has 0 spiro atoms. The molecule has 1 aromatic heterocycles. The van der Waals surface area contributed by atoms with Gasteiger partial charge in [-0.1, -0.05) is 6.07 Å². The Morgan fingerprint density at radius 1 is 1.03 bits per heavy atom. The van der Waals surface area contributed by atoms with Crippen LogP contribution < -0.4 is 26.9 Å². The summed E-state index contributed by atoms with van der Waals surface area (Å²) in [4.78, 5) is 10.1. The van der Waals surface area contributed by atoms with Crippen LogP contribution in [0.25, 0.3) is 0 Å². The molecule has 162 valence electrons. The molecule has 9 heteroatoms. The number of amidine groups is 1. The summed E-state index contributed by atoms with van der Waals surface area (Å²) in [6.45, 7) is 8.37. The molecule has 8 nitrogen and oxygen atoms in total. The van der Waals surface area contributed by atoms with Gasteiger partial charge >= 0.3 is 0 Å². The number of hydrogen-bond donors (Lipinski definition) is 5. The number of aromatic nitrogens is 2. The van der Waals surface area contributed by atoms with E-state index in [1.807, 2.05) is 43.3 Å². The van der Waals surface area contributed by atoms with Crippen molar-refractivity contribution < 1.29 is 0 Å². The summed E-state index contributed by atoms with van der Waals surface area (Å²) in [6.07, 6.45) is 1.78. The van der Waals surface area contributed by atoms with Gasteiger partial charge in [0.25, 0.3) is 0 Å². The first-order valence-corrected chi connectivity index (χ1v) is 10.6. The standard InChI is InChI=1S/C22H28N8S/c1-14-13-25-21(27-16-10-8-15(9-11-16)19(23)29-24)28-20(14)26-17-6-5-7-18(12-17)31-30-22(2,3)4/h5-13,30H,24H2,1-4H3,(H2,23,29)(H2,25,26,27,28). The average Bonchev–Trinajstić information content (AvgIpc) is 2.74. The second-order valence-electron chi connectivity index (χ2n) is 8.05. The first-order valence-electron chi connectivity index (χ1n) is 9.79. The Morgan fingerprint density at radius 2 is 1.77 bits per heavy atom. The zero-order valence-corrected chi connectivity index (χ0v) is 18.9. The number of nitrogens with one attached hydrogen (secondary N) is 3. The predicted octanol–water partition coefficient (Wildman–Crippen LogP) is 4.25. The minimum atomic E-state index is 0.0267. The Balaban J connectivity index is 1.73. The second kappa shape index (κ2) is 9.67. The summed E-state index contributed by atoms with van der Waals surface area (Å²) in [7, 11) is 0. The fourth-order valence-electron chi connectivity index (χ4n) is 2.54. The normalized spacial score (nSPS) is 11.9. The van der Waals surface area contributed by atoms with E-state index in [-0.39, 0.29) is 11.4 Å². The fraction of sp³-hybridized carbons (Fsp3) is 0.227. The molecule has 3 aromatic rings. The van der Waals surface area contributed by atoms with Crippen LogP contribution in [0.15, 0.2) is 64.7 Å².